The van der Waals surface area contributed by atoms with E-state index in [-0.39, 0.29) is 19.3 Å². The number of halogens is 9. The molecule has 0 aliphatic carbocycles. The van der Waals surface area contributed by atoms with Crippen LogP contribution in [0.2, 0.25) is 0 Å². The van der Waals surface area contributed by atoms with E-state index in [4.69, 9.17) is 0 Å². The van der Waals surface area contributed by atoms with E-state index in [1.807, 2.05) is 0 Å². The highest BCUT2D eigenvalue weighted by Crippen LogP contribution is 2.45. The summed E-state index contributed by atoms with van der Waals surface area (Å²) in [6.07, 6.45) is -14.2. The maximum atomic E-state index is 13.4. The Morgan fingerprint density at radius 3 is 1.52 bits per heavy atom. The Morgan fingerprint density at radius 2 is 1.02 bits per heavy atom. The zero-order valence-corrected chi connectivity index (χ0v) is 23.2. The first-order chi connectivity index (χ1) is 20.5. The van der Waals surface area contributed by atoms with Gasteiger partial charge in [-0.25, -0.2) is 0 Å². The summed E-state index contributed by atoms with van der Waals surface area (Å²) in [5, 5.41) is 0. The van der Waals surface area contributed by atoms with Crippen molar-refractivity contribution < 1.29 is 49.0 Å². The molecule has 4 rings (SSSR count). The van der Waals surface area contributed by atoms with E-state index in [1.165, 1.54) is 30.3 Å². The molecule has 4 aromatic carbocycles. The van der Waals surface area contributed by atoms with Crippen LogP contribution in [-0.4, -0.2) is 12.7 Å². The van der Waals surface area contributed by atoms with Crippen LogP contribution in [0, 0.1) is 5.92 Å². The molecule has 0 N–H and O–H groups in total. The molecule has 1 atom stereocenters. The fraction of sp³-hybridized carbons (Fsp3) is 0.273. The van der Waals surface area contributed by atoms with E-state index in [2.05, 4.69) is 9.47 Å². The Labute approximate surface area is 248 Å². The lowest BCUT2D eigenvalue weighted by molar-refractivity contribution is -0.275. The van der Waals surface area contributed by atoms with E-state index < -0.39 is 47.3 Å². The molecule has 0 aliphatic rings. The zero-order chi connectivity index (χ0) is 32.2. The molecule has 0 unspecified atom stereocenters. The third-order valence-electron chi connectivity index (χ3n) is 7.12. The number of ether oxygens (including phenoxy) is 2. The maximum Gasteiger partial charge on any atom is 0.573 e. The highest BCUT2D eigenvalue weighted by Gasteiger charge is 2.39. The second kappa shape index (κ2) is 12.8. The fourth-order valence-corrected chi connectivity index (χ4v) is 5.55. The predicted octanol–water partition coefficient (Wildman–Crippen LogP) is 10.3. The summed E-state index contributed by atoms with van der Waals surface area (Å²) in [4.78, 5) is 0. The molecule has 0 heterocycles. The van der Waals surface area contributed by atoms with Gasteiger partial charge < -0.3 is 9.47 Å². The maximum absolute atomic E-state index is 13.4. The number of hydrogen-bond acceptors (Lipinski definition) is 2. The van der Waals surface area contributed by atoms with Crippen molar-refractivity contribution in [2.75, 3.05) is 0 Å². The average molecular weight is 627 g/mol. The standard InChI is InChI=1S/C33H27F9O2/c1-22(16-24-10-5-13-27(17-24)31(34,35)36)20-30(21-23-8-3-2-4-9-23,25-11-6-14-28(18-25)43-32(37,38)39)26-12-7-15-29(19-26)44-33(40,41)42/h2-15,17-19,22H,16,20-21H2,1H3/t22-/m0/s1. The van der Waals surface area contributed by atoms with Gasteiger partial charge in [-0.05, 0) is 77.8 Å². The minimum atomic E-state index is -5.00. The molecular weight excluding hydrogens is 599 g/mol. The van der Waals surface area contributed by atoms with E-state index in [9.17, 15) is 39.5 Å². The molecular formula is C33H27F9O2. The lowest BCUT2D eigenvalue weighted by Gasteiger charge is -2.38. The third-order valence-corrected chi connectivity index (χ3v) is 7.12. The van der Waals surface area contributed by atoms with Gasteiger partial charge in [0.1, 0.15) is 11.5 Å². The fourth-order valence-electron chi connectivity index (χ4n) is 5.55. The molecule has 0 saturated carbocycles. The van der Waals surface area contributed by atoms with Crippen LogP contribution < -0.4 is 9.47 Å². The molecule has 44 heavy (non-hydrogen) atoms. The summed E-state index contributed by atoms with van der Waals surface area (Å²) in [6, 6.07) is 24.0. The third kappa shape index (κ3) is 8.93. The Balaban J connectivity index is 1.87. The molecule has 0 amide bonds. The van der Waals surface area contributed by atoms with Gasteiger partial charge in [-0.15, -0.1) is 26.3 Å². The Kier molecular flexibility index (Phi) is 9.56. The van der Waals surface area contributed by atoms with Crippen LogP contribution in [0.5, 0.6) is 11.5 Å². The molecule has 0 bridgehead atoms. The normalized spacial score (nSPS) is 13.4. The van der Waals surface area contributed by atoms with E-state index >= 15 is 0 Å². The molecule has 0 radical (unpaired) electrons. The lowest BCUT2D eigenvalue weighted by atomic mass is 9.65. The summed E-state index contributed by atoms with van der Waals surface area (Å²) >= 11 is 0. The molecule has 0 aliphatic heterocycles. The van der Waals surface area contributed by atoms with Gasteiger partial charge in [0, 0.05) is 5.41 Å². The molecule has 2 nitrogen and oxygen atoms in total. The van der Waals surface area contributed by atoms with Crippen LogP contribution in [-0.2, 0) is 24.4 Å². The number of alkyl halides is 9. The van der Waals surface area contributed by atoms with Crippen molar-refractivity contribution in [1.29, 1.82) is 0 Å². The van der Waals surface area contributed by atoms with E-state index in [0.717, 1.165) is 29.8 Å². The van der Waals surface area contributed by atoms with Gasteiger partial charge in [0.15, 0.2) is 0 Å². The molecule has 0 aromatic heterocycles. The Bertz CT molecular complexity index is 1470. The first-order valence-corrected chi connectivity index (χ1v) is 13.5. The van der Waals surface area contributed by atoms with Crippen molar-refractivity contribution in [3.8, 4) is 11.5 Å². The molecule has 11 heteroatoms. The van der Waals surface area contributed by atoms with Crippen molar-refractivity contribution >= 4 is 0 Å². The first kappa shape index (κ1) is 32.8. The average Bonchev–Trinajstić information content (AvgIpc) is 2.91. The van der Waals surface area contributed by atoms with Crippen molar-refractivity contribution in [2.45, 2.75) is 50.5 Å². The van der Waals surface area contributed by atoms with Crippen molar-refractivity contribution in [3.05, 3.63) is 131 Å². The minimum absolute atomic E-state index is 0.128. The van der Waals surface area contributed by atoms with Crippen LogP contribution in [0.25, 0.3) is 0 Å². The SMILES string of the molecule is C[C@@H](Cc1cccc(C(F)(F)F)c1)CC(Cc1ccccc1)(c1cccc(OC(F)(F)F)c1)c1cccc(OC(F)(F)F)c1. The second-order valence-electron chi connectivity index (χ2n) is 10.6. The molecule has 0 spiro atoms. The number of rotatable bonds is 10. The highest BCUT2D eigenvalue weighted by molar-refractivity contribution is 5.47. The van der Waals surface area contributed by atoms with Crippen LogP contribution in [0.1, 0.15) is 41.2 Å². The summed E-state index contributed by atoms with van der Waals surface area (Å²) in [5.74, 6) is -1.46. The van der Waals surface area contributed by atoms with Gasteiger partial charge in [-0.3, -0.25) is 0 Å². The smallest absolute Gasteiger partial charge is 0.406 e. The van der Waals surface area contributed by atoms with Gasteiger partial charge in [-0.1, -0.05) is 79.7 Å². The van der Waals surface area contributed by atoms with E-state index in [1.54, 1.807) is 55.5 Å². The lowest BCUT2D eigenvalue weighted by Crippen LogP contribution is -2.34. The van der Waals surface area contributed by atoms with Crippen molar-refractivity contribution in [1.82, 2.24) is 0 Å². The summed E-state index contributed by atoms with van der Waals surface area (Å²) in [7, 11) is 0. The van der Waals surface area contributed by atoms with Crippen molar-refractivity contribution in [2.24, 2.45) is 5.92 Å². The van der Waals surface area contributed by atoms with E-state index in [0.29, 0.717) is 16.7 Å². The van der Waals surface area contributed by atoms with Gasteiger partial charge in [0.05, 0.1) is 5.56 Å². The van der Waals surface area contributed by atoms with Gasteiger partial charge in [0.2, 0.25) is 0 Å². The monoisotopic (exact) mass is 626 g/mol. The summed E-state index contributed by atoms with van der Waals surface area (Å²) < 4.78 is 128. The Morgan fingerprint density at radius 1 is 0.545 bits per heavy atom. The molecule has 234 valence electrons. The van der Waals surface area contributed by atoms with Gasteiger partial charge in [0.25, 0.3) is 0 Å². The summed E-state index contributed by atoms with van der Waals surface area (Å²) in [5.41, 5.74) is -0.372. The Hall–Kier alpha value is -4.15. The van der Waals surface area contributed by atoms with Gasteiger partial charge >= 0.3 is 18.9 Å². The highest BCUT2D eigenvalue weighted by atomic mass is 19.4. The van der Waals surface area contributed by atoms with Crippen LogP contribution >= 0.6 is 0 Å². The quantitative estimate of drug-likeness (QED) is 0.163. The molecule has 0 fully saturated rings. The predicted molar refractivity (Wildman–Crippen MR) is 146 cm³/mol. The zero-order valence-electron chi connectivity index (χ0n) is 23.2. The molecule has 4 aromatic rings. The van der Waals surface area contributed by atoms with Crippen LogP contribution in [0.15, 0.2) is 103 Å². The van der Waals surface area contributed by atoms with Crippen LogP contribution in [0.4, 0.5) is 39.5 Å². The number of benzene rings is 4. The largest absolute Gasteiger partial charge is 0.573 e. The molecule has 0 saturated heterocycles. The van der Waals surface area contributed by atoms with Crippen molar-refractivity contribution in [3.63, 3.8) is 0 Å². The topological polar surface area (TPSA) is 18.5 Å². The minimum Gasteiger partial charge on any atom is -0.406 e. The number of hydrogen-bond donors (Lipinski definition) is 0. The summed E-state index contributed by atoms with van der Waals surface area (Å²) in [6.45, 7) is 1.77. The second-order valence-corrected chi connectivity index (χ2v) is 10.6. The van der Waals surface area contributed by atoms with Gasteiger partial charge in [-0.2, -0.15) is 13.2 Å². The van der Waals surface area contributed by atoms with Crippen LogP contribution in [0.3, 0.4) is 0 Å². The first-order valence-electron chi connectivity index (χ1n) is 13.5.